The molecular formula is C23H19ClN4O. The molecule has 0 saturated heterocycles. The highest BCUT2D eigenvalue weighted by Gasteiger charge is 2.41. The van der Waals surface area contributed by atoms with Gasteiger partial charge in [-0.1, -0.05) is 90.5 Å². The Labute approximate surface area is 174 Å². The minimum absolute atomic E-state index is 0.352. The number of nitrogens with zero attached hydrogens (tertiary/aromatic N) is 2. The molecule has 0 aliphatic carbocycles. The molecule has 0 aromatic heterocycles. The summed E-state index contributed by atoms with van der Waals surface area (Å²) in [6, 6.07) is 27.3. The van der Waals surface area contributed by atoms with Crippen LogP contribution in [-0.2, 0) is 10.3 Å². The van der Waals surface area contributed by atoms with E-state index in [4.69, 9.17) is 11.6 Å². The first-order valence-electron chi connectivity index (χ1n) is 9.22. The molecule has 2 N–H and O–H groups in total. The number of benzene rings is 3. The Balaban J connectivity index is 1.53. The van der Waals surface area contributed by atoms with E-state index in [2.05, 4.69) is 21.1 Å². The summed E-state index contributed by atoms with van der Waals surface area (Å²) in [5.74, 6) is -0.352. The average molecular weight is 403 g/mol. The number of nitrogens with one attached hydrogen (secondary N) is 2. The summed E-state index contributed by atoms with van der Waals surface area (Å²) in [6.45, 7) is 0. The van der Waals surface area contributed by atoms with Crippen LogP contribution in [0.25, 0.3) is 0 Å². The number of rotatable bonds is 5. The zero-order valence-corrected chi connectivity index (χ0v) is 16.3. The zero-order chi connectivity index (χ0) is 20.1. The van der Waals surface area contributed by atoms with Crippen molar-refractivity contribution in [1.29, 1.82) is 0 Å². The van der Waals surface area contributed by atoms with Crippen LogP contribution in [0.1, 0.15) is 23.1 Å². The molecule has 1 heterocycles. The molecule has 0 bridgehead atoms. The molecular weight excluding hydrogens is 384 g/mol. The largest absolute Gasteiger partial charge is 0.294 e. The minimum atomic E-state index is -0.596. The van der Waals surface area contributed by atoms with Gasteiger partial charge in [0.15, 0.2) is 0 Å². The van der Waals surface area contributed by atoms with Gasteiger partial charge < -0.3 is 0 Å². The van der Waals surface area contributed by atoms with Crippen LogP contribution in [0.4, 0.5) is 0 Å². The molecule has 5 nitrogen and oxygen atoms in total. The lowest BCUT2D eigenvalue weighted by Gasteiger charge is -2.30. The molecule has 144 valence electrons. The Kier molecular flexibility index (Phi) is 5.40. The summed E-state index contributed by atoms with van der Waals surface area (Å²) in [5.41, 5.74) is 8.34. The first-order chi connectivity index (χ1) is 14.2. The van der Waals surface area contributed by atoms with Crippen molar-refractivity contribution in [1.82, 2.24) is 10.9 Å². The third-order valence-corrected chi connectivity index (χ3v) is 5.23. The van der Waals surface area contributed by atoms with E-state index in [1.807, 2.05) is 78.9 Å². The molecule has 29 heavy (non-hydrogen) atoms. The lowest BCUT2D eigenvalue weighted by atomic mass is 9.80. The first-order valence-corrected chi connectivity index (χ1v) is 9.59. The molecule has 3 aromatic carbocycles. The van der Waals surface area contributed by atoms with Gasteiger partial charge in [0.05, 0.1) is 6.21 Å². The Morgan fingerprint density at radius 1 is 0.966 bits per heavy atom. The van der Waals surface area contributed by atoms with E-state index < -0.39 is 5.54 Å². The van der Waals surface area contributed by atoms with Crippen molar-refractivity contribution in [2.24, 2.45) is 10.2 Å². The normalized spacial score (nSPS) is 15.0. The highest BCUT2D eigenvalue weighted by atomic mass is 35.5. The fourth-order valence-corrected chi connectivity index (χ4v) is 3.56. The van der Waals surface area contributed by atoms with Crippen LogP contribution in [0, 0.1) is 0 Å². The van der Waals surface area contributed by atoms with Crippen LogP contribution in [0.15, 0.2) is 95.1 Å². The third kappa shape index (κ3) is 3.91. The monoisotopic (exact) mass is 402 g/mol. The molecule has 4 rings (SSSR count). The van der Waals surface area contributed by atoms with Gasteiger partial charge in [0.1, 0.15) is 11.3 Å². The number of amides is 1. The van der Waals surface area contributed by atoms with Crippen molar-refractivity contribution >= 4 is 29.4 Å². The van der Waals surface area contributed by atoms with E-state index in [1.54, 1.807) is 6.07 Å². The van der Waals surface area contributed by atoms with Crippen molar-refractivity contribution in [3.63, 3.8) is 0 Å². The van der Waals surface area contributed by atoms with Gasteiger partial charge >= 0.3 is 0 Å². The SMILES string of the molecule is O=C(NN=Cc1ccccc1Cl)C1=NNC(c2ccccc2)(c2ccccc2)C1. The van der Waals surface area contributed by atoms with Crippen LogP contribution in [0.5, 0.6) is 0 Å². The molecule has 1 aliphatic heterocycles. The number of hydrazone groups is 2. The van der Waals surface area contributed by atoms with Crippen molar-refractivity contribution in [2.45, 2.75) is 12.0 Å². The zero-order valence-electron chi connectivity index (χ0n) is 15.5. The van der Waals surface area contributed by atoms with Gasteiger partial charge in [-0.25, -0.2) is 5.43 Å². The van der Waals surface area contributed by atoms with Crippen LogP contribution < -0.4 is 10.9 Å². The van der Waals surface area contributed by atoms with Crippen molar-refractivity contribution in [3.8, 4) is 0 Å². The molecule has 0 spiro atoms. The van der Waals surface area contributed by atoms with Gasteiger partial charge in [-0.05, 0) is 17.2 Å². The summed E-state index contributed by atoms with van der Waals surface area (Å²) in [4.78, 5) is 12.6. The topological polar surface area (TPSA) is 65.8 Å². The number of hydrogen-bond acceptors (Lipinski definition) is 4. The van der Waals surface area contributed by atoms with E-state index in [9.17, 15) is 4.79 Å². The second-order valence-corrected chi connectivity index (χ2v) is 7.11. The summed E-state index contributed by atoms with van der Waals surface area (Å²) in [6.07, 6.45) is 1.93. The number of halogens is 1. The highest BCUT2D eigenvalue weighted by Crippen LogP contribution is 2.36. The fourth-order valence-electron chi connectivity index (χ4n) is 3.37. The molecule has 0 radical (unpaired) electrons. The Morgan fingerprint density at radius 3 is 2.17 bits per heavy atom. The maximum absolute atomic E-state index is 12.6. The van der Waals surface area contributed by atoms with Crippen molar-refractivity contribution < 1.29 is 4.79 Å². The second-order valence-electron chi connectivity index (χ2n) is 6.71. The number of hydrogen-bond donors (Lipinski definition) is 2. The summed E-state index contributed by atoms with van der Waals surface area (Å²) in [7, 11) is 0. The number of carbonyl (C=O) groups excluding carboxylic acids is 1. The highest BCUT2D eigenvalue weighted by molar-refractivity contribution is 6.39. The van der Waals surface area contributed by atoms with E-state index in [-0.39, 0.29) is 5.91 Å². The quantitative estimate of drug-likeness (QED) is 0.498. The minimum Gasteiger partial charge on any atom is -0.294 e. The van der Waals surface area contributed by atoms with Crippen LogP contribution in [0.3, 0.4) is 0 Å². The summed E-state index contributed by atoms with van der Waals surface area (Å²) >= 11 is 6.10. The first kappa shape index (κ1) is 18.9. The van der Waals surface area contributed by atoms with Crippen molar-refractivity contribution in [3.05, 3.63) is 107 Å². The van der Waals surface area contributed by atoms with Crippen LogP contribution >= 0.6 is 11.6 Å². The van der Waals surface area contributed by atoms with Crippen molar-refractivity contribution in [2.75, 3.05) is 0 Å². The summed E-state index contributed by atoms with van der Waals surface area (Å²) in [5, 5.41) is 8.93. The Hall–Kier alpha value is -3.44. The molecule has 0 unspecified atom stereocenters. The van der Waals surface area contributed by atoms with E-state index in [0.29, 0.717) is 17.2 Å². The van der Waals surface area contributed by atoms with E-state index in [0.717, 1.165) is 16.7 Å². The second kappa shape index (κ2) is 8.29. The van der Waals surface area contributed by atoms with Gasteiger partial charge in [0.25, 0.3) is 5.91 Å². The smallest absolute Gasteiger partial charge is 0.287 e. The van der Waals surface area contributed by atoms with Crippen LogP contribution in [-0.4, -0.2) is 17.8 Å². The van der Waals surface area contributed by atoms with Gasteiger partial charge in [0.2, 0.25) is 0 Å². The molecule has 1 amide bonds. The molecule has 1 aliphatic rings. The number of carbonyl (C=O) groups is 1. The van der Waals surface area contributed by atoms with E-state index in [1.165, 1.54) is 6.21 Å². The molecule has 0 saturated carbocycles. The Morgan fingerprint density at radius 2 is 1.55 bits per heavy atom. The molecule has 0 atom stereocenters. The van der Waals surface area contributed by atoms with Gasteiger partial charge in [-0.15, -0.1) is 0 Å². The lowest BCUT2D eigenvalue weighted by molar-refractivity contribution is -0.114. The van der Waals surface area contributed by atoms with Gasteiger partial charge in [-0.3, -0.25) is 10.2 Å². The van der Waals surface area contributed by atoms with E-state index >= 15 is 0 Å². The standard InChI is InChI=1S/C23H19ClN4O/c24-20-14-8-7-9-17(20)16-25-27-22(29)21-15-23(28-26-21,18-10-3-1-4-11-18)19-12-5-2-6-13-19/h1-14,16,28H,15H2,(H,27,29). The maximum atomic E-state index is 12.6. The fraction of sp³-hybridized carbons (Fsp3) is 0.0870. The van der Waals surface area contributed by atoms with Crippen LogP contribution in [0.2, 0.25) is 5.02 Å². The molecule has 6 heteroatoms. The summed E-state index contributed by atoms with van der Waals surface area (Å²) < 4.78 is 0. The Bertz CT molecular complexity index is 1030. The molecule has 3 aromatic rings. The molecule has 0 fully saturated rings. The van der Waals surface area contributed by atoms with Gasteiger partial charge in [-0.2, -0.15) is 10.2 Å². The average Bonchev–Trinajstić information content (AvgIpc) is 3.23. The predicted molar refractivity (Wildman–Crippen MR) is 116 cm³/mol. The third-order valence-electron chi connectivity index (χ3n) is 4.88. The van der Waals surface area contributed by atoms with Gasteiger partial charge in [0, 0.05) is 17.0 Å². The maximum Gasteiger partial charge on any atom is 0.287 e. The lowest BCUT2D eigenvalue weighted by Crippen LogP contribution is -2.38. The predicted octanol–water partition coefficient (Wildman–Crippen LogP) is 4.08.